The Labute approximate surface area is 171 Å². The lowest BCUT2D eigenvalue weighted by atomic mass is 10.2. The van der Waals surface area contributed by atoms with Crippen molar-refractivity contribution in [2.24, 2.45) is 0 Å². The molecular formula is C19H17N5O5S. The molecule has 0 aliphatic carbocycles. The number of ether oxygens (including phenoxy) is 2. The molecule has 0 saturated heterocycles. The molecule has 0 atom stereocenters. The Hall–Kier alpha value is -3.60. The first-order valence-electron chi connectivity index (χ1n) is 9.13. The summed E-state index contributed by atoms with van der Waals surface area (Å²) in [5.41, 5.74) is 1.82. The Morgan fingerprint density at radius 3 is 3.00 bits per heavy atom. The minimum atomic E-state index is -3.97. The van der Waals surface area contributed by atoms with Crippen molar-refractivity contribution >= 4 is 26.8 Å². The number of fused-ring (bicyclic) bond motifs is 2. The molecule has 0 bridgehead atoms. The number of sulfonamides is 1. The summed E-state index contributed by atoms with van der Waals surface area (Å²) in [7, 11) is -2.52. The van der Waals surface area contributed by atoms with E-state index in [1.807, 2.05) is 6.07 Å². The molecule has 1 aromatic carbocycles. The second-order valence-corrected chi connectivity index (χ2v) is 8.33. The van der Waals surface area contributed by atoms with Gasteiger partial charge >= 0.3 is 0 Å². The van der Waals surface area contributed by atoms with Crippen molar-refractivity contribution in [3.8, 4) is 11.6 Å². The minimum absolute atomic E-state index is 0.00408. The van der Waals surface area contributed by atoms with Crippen molar-refractivity contribution in [3.05, 3.63) is 54.0 Å². The van der Waals surface area contributed by atoms with Crippen molar-refractivity contribution in [1.29, 1.82) is 0 Å². The number of rotatable bonds is 6. The Morgan fingerprint density at radius 1 is 1.30 bits per heavy atom. The number of para-hydroxylation sites is 1. The SMILES string of the molecule is COc1nc(Cn2cccn2)cc2onc(NS(=O)(=O)c3cccc4c3OCC4)c12. The van der Waals surface area contributed by atoms with E-state index in [9.17, 15) is 8.42 Å². The highest BCUT2D eigenvalue weighted by molar-refractivity contribution is 7.92. The van der Waals surface area contributed by atoms with Gasteiger partial charge in [0.05, 0.1) is 26.0 Å². The van der Waals surface area contributed by atoms with Crippen LogP contribution >= 0.6 is 0 Å². The van der Waals surface area contributed by atoms with Gasteiger partial charge in [-0.25, -0.2) is 13.4 Å². The summed E-state index contributed by atoms with van der Waals surface area (Å²) in [6, 6.07) is 8.51. The van der Waals surface area contributed by atoms with E-state index in [2.05, 4.69) is 20.0 Å². The lowest BCUT2D eigenvalue weighted by Gasteiger charge is -2.10. The molecule has 5 rings (SSSR count). The van der Waals surface area contributed by atoms with Crippen LogP contribution in [0.2, 0.25) is 0 Å². The van der Waals surface area contributed by atoms with E-state index >= 15 is 0 Å². The number of benzene rings is 1. The molecule has 4 aromatic rings. The Balaban J connectivity index is 1.53. The van der Waals surface area contributed by atoms with Crippen LogP contribution in [-0.2, 0) is 23.0 Å². The summed E-state index contributed by atoms with van der Waals surface area (Å²) in [6.07, 6.45) is 4.14. The van der Waals surface area contributed by atoms with Gasteiger partial charge in [0.2, 0.25) is 5.88 Å². The first-order chi connectivity index (χ1) is 14.5. The van der Waals surface area contributed by atoms with E-state index in [0.717, 1.165) is 5.56 Å². The van der Waals surface area contributed by atoms with E-state index in [-0.39, 0.29) is 16.6 Å². The molecule has 154 valence electrons. The van der Waals surface area contributed by atoms with Crippen molar-refractivity contribution in [2.45, 2.75) is 17.9 Å². The first-order valence-corrected chi connectivity index (χ1v) is 10.6. The first kappa shape index (κ1) is 18.4. The zero-order valence-electron chi connectivity index (χ0n) is 15.9. The van der Waals surface area contributed by atoms with Gasteiger partial charge in [0.1, 0.15) is 16.0 Å². The number of methoxy groups -OCH3 is 1. The topological polar surface area (TPSA) is 121 Å². The zero-order valence-corrected chi connectivity index (χ0v) is 16.7. The van der Waals surface area contributed by atoms with E-state index < -0.39 is 10.0 Å². The third-order valence-electron chi connectivity index (χ3n) is 4.75. The molecule has 1 aliphatic rings. The van der Waals surface area contributed by atoms with Gasteiger partial charge in [-0.05, 0) is 17.7 Å². The lowest BCUT2D eigenvalue weighted by molar-refractivity contribution is 0.348. The molecule has 4 heterocycles. The molecular weight excluding hydrogens is 410 g/mol. The van der Waals surface area contributed by atoms with Crippen molar-refractivity contribution in [3.63, 3.8) is 0 Å². The predicted molar refractivity (Wildman–Crippen MR) is 106 cm³/mol. The van der Waals surface area contributed by atoms with Crippen LogP contribution in [0, 0.1) is 0 Å². The van der Waals surface area contributed by atoms with Gasteiger partial charge in [-0.3, -0.25) is 9.40 Å². The van der Waals surface area contributed by atoms with E-state index in [0.29, 0.717) is 42.0 Å². The average molecular weight is 427 g/mol. The molecule has 0 saturated carbocycles. The Morgan fingerprint density at radius 2 is 2.20 bits per heavy atom. The fourth-order valence-electron chi connectivity index (χ4n) is 3.42. The van der Waals surface area contributed by atoms with Gasteiger partial charge < -0.3 is 14.0 Å². The third-order valence-corrected chi connectivity index (χ3v) is 6.11. The average Bonchev–Trinajstić information content (AvgIpc) is 3.48. The van der Waals surface area contributed by atoms with Crippen LogP contribution in [-0.4, -0.2) is 42.1 Å². The second kappa shape index (κ2) is 7.02. The summed E-state index contributed by atoms with van der Waals surface area (Å²) in [4.78, 5) is 4.50. The summed E-state index contributed by atoms with van der Waals surface area (Å²) in [5, 5.41) is 8.38. The number of nitrogens with one attached hydrogen (secondary N) is 1. The normalized spacial score (nSPS) is 13.2. The molecule has 0 fully saturated rings. The zero-order chi connectivity index (χ0) is 20.7. The number of anilines is 1. The summed E-state index contributed by atoms with van der Waals surface area (Å²) in [5.74, 6) is 0.558. The number of nitrogens with zero attached hydrogens (tertiary/aromatic N) is 4. The van der Waals surface area contributed by atoms with Gasteiger partial charge in [-0.15, -0.1) is 0 Å². The predicted octanol–water partition coefficient (Wildman–Crippen LogP) is 2.21. The summed E-state index contributed by atoms with van der Waals surface area (Å²) >= 11 is 0. The van der Waals surface area contributed by atoms with Crippen LogP contribution in [0.5, 0.6) is 11.6 Å². The highest BCUT2D eigenvalue weighted by Gasteiger charge is 2.28. The van der Waals surface area contributed by atoms with E-state index in [4.69, 9.17) is 14.0 Å². The van der Waals surface area contributed by atoms with Crippen LogP contribution in [0.15, 0.2) is 52.1 Å². The molecule has 10 nitrogen and oxygen atoms in total. The molecule has 11 heteroatoms. The second-order valence-electron chi connectivity index (χ2n) is 6.68. The number of hydrogen-bond acceptors (Lipinski definition) is 8. The fraction of sp³-hybridized carbons (Fsp3) is 0.211. The molecule has 1 aliphatic heterocycles. The molecule has 0 unspecified atom stereocenters. The van der Waals surface area contributed by atoms with Crippen LogP contribution in [0.25, 0.3) is 11.0 Å². The maximum absolute atomic E-state index is 13.0. The maximum atomic E-state index is 13.0. The van der Waals surface area contributed by atoms with Gasteiger partial charge in [0, 0.05) is 24.9 Å². The molecule has 3 aromatic heterocycles. The fourth-order valence-corrected chi connectivity index (χ4v) is 4.61. The van der Waals surface area contributed by atoms with Crippen molar-refractivity contribution in [2.75, 3.05) is 18.4 Å². The molecule has 1 N–H and O–H groups in total. The van der Waals surface area contributed by atoms with Gasteiger partial charge in [-0.1, -0.05) is 17.3 Å². The Bertz CT molecular complexity index is 1330. The van der Waals surface area contributed by atoms with Crippen LogP contribution in [0.1, 0.15) is 11.3 Å². The summed E-state index contributed by atoms with van der Waals surface area (Å²) in [6.45, 7) is 0.847. The van der Waals surface area contributed by atoms with E-state index in [1.165, 1.54) is 13.2 Å². The van der Waals surface area contributed by atoms with Gasteiger partial charge in [0.15, 0.2) is 11.4 Å². The van der Waals surface area contributed by atoms with Crippen LogP contribution in [0.4, 0.5) is 5.82 Å². The minimum Gasteiger partial charge on any atom is -0.492 e. The molecule has 0 amide bonds. The highest BCUT2D eigenvalue weighted by atomic mass is 32.2. The van der Waals surface area contributed by atoms with Gasteiger partial charge in [-0.2, -0.15) is 5.10 Å². The van der Waals surface area contributed by atoms with Crippen molar-refractivity contribution < 1.29 is 22.4 Å². The number of pyridine rings is 1. The highest BCUT2D eigenvalue weighted by Crippen LogP contribution is 2.36. The smallest absolute Gasteiger partial charge is 0.266 e. The number of hydrogen-bond donors (Lipinski definition) is 1. The standard InChI is InChI=1S/C19H17N5O5S/c1-27-19-16-14(10-13(21-19)11-24-8-3-7-20-24)29-22-18(16)23-30(25,26)15-5-2-4-12-6-9-28-17(12)15/h2-5,7-8,10H,6,9,11H2,1H3,(H,22,23). The molecule has 0 spiro atoms. The number of aromatic nitrogens is 4. The Kier molecular flexibility index (Phi) is 4.31. The molecule has 30 heavy (non-hydrogen) atoms. The third kappa shape index (κ3) is 3.12. The maximum Gasteiger partial charge on any atom is 0.266 e. The molecule has 0 radical (unpaired) electrons. The van der Waals surface area contributed by atoms with Crippen LogP contribution in [0.3, 0.4) is 0 Å². The largest absolute Gasteiger partial charge is 0.492 e. The monoisotopic (exact) mass is 427 g/mol. The van der Waals surface area contributed by atoms with Crippen LogP contribution < -0.4 is 14.2 Å². The quantitative estimate of drug-likeness (QED) is 0.497. The van der Waals surface area contributed by atoms with Crippen molar-refractivity contribution in [1.82, 2.24) is 19.9 Å². The van der Waals surface area contributed by atoms with Gasteiger partial charge in [0.25, 0.3) is 10.0 Å². The lowest BCUT2D eigenvalue weighted by Crippen LogP contribution is -2.14. The summed E-state index contributed by atoms with van der Waals surface area (Å²) < 4.78 is 46.5. The van der Waals surface area contributed by atoms with E-state index in [1.54, 1.807) is 35.3 Å².